The van der Waals surface area contributed by atoms with Crippen LogP contribution in [-0.4, -0.2) is 62.6 Å². The van der Waals surface area contributed by atoms with Gasteiger partial charge < -0.3 is 9.64 Å². The minimum atomic E-state index is -4.17. The van der Waals surface area contributed by atoms with Gasteiger partial charge in [0.25, 0.3) is 10.0 Å². The second-order valence-electron chi connectivity index (χ2n) is 11.3. The van der Waals surface area contributed by atoms with Crippen molar-refractivity contribution < 1.29 is 17.5 Å². The van der Waals surface area contributed by atoms with E-state index in [1.165, 1.54) is 16.4 Å². The minimum absolute atomic E-state index is 0.0102. The van der Waals surface area contributed by atoms with Gasteiger partial charge >= 0.3 is 0 Å². The monoisotopic (exact) mass is 634 g/mol. The van der Waals surface area contributed by atoms with Gasteiger partial charge in [-0.3, -0.25) is 19.2 Å². The third-order valence-electron chi connectivity index (χ3n) is 8.91. The molecule has 7 rings (SSSR count). The standard InChI is InChI=1S/C35H31FN6O3S/c1-2-45-32-22-27(36)9-10-29(32)35(41-19-17-40(18-20-41)28-12-15-38-16-13-28)24-42(31-11-8-25(23-37)21-30(31)35)46(43,44)33-7-3-5-26-6-4-14-39-34(26)33/h3-16,21-22H,2,17-20,24H2,1H3. The van der Waals surface area contributed by atoms with Gasteiger partial charge in [0.2, 0.25) is 0 Å². The Bertz CT molecular complexity index is 2070. The zero-order chi connectivity index (χ0) is 31.9. The van der Waals surface area contributed by atoms with Gasteiger partial charge in [0.15, 0.2) is 0 Å². The lowest BCUT2D eigenvalue weighted by Crippen LogP contribution is -2.58. The first kappa shape index (κ1) is 29.6. The molecule has 0 spiro atoms. The van der Waals surface area contributed by atoms with Crippen LogP contribution in [0.1, 0.15) is 23.6 Å². The molecule has 0 bridgehead atoms. The fourth-order valence-electron chi connectivity index (χ4n) is 6.83. The van der Waals surface area contributed by atoms with E-state index < -0.39 is 21.4 Å². The molecule has 5 aromatic rings. The van der Waals surface area contributed by atoms with Crippen LogP contribution < -0.4 is 13.9 Å². The number of halogens is 1. The van der Waals surface area contributed by atoms with E-state index in [1.54, 1.807) is 61.1 Å². The van der Waals surface area contributed by atoms with Crippen molar-refractivity contribution in [1.29, 1.82) is 5.26 Å². The summed E-state index contributed by atoms with van der Waals surface area (Å²) >= 11 is 0. The summed E-state index contributed by atoms with van der Waals surface area (Å²) in [7, 11) is -4.17. The smallest absolute Gasteiger partial charge is 0.266 e. The summed E-state index contributed by atoms with van der Waals surface area (Å²) in [5, 5.41) is 10.7. The number of pyridine rings is 2. The second kappa shape index (κ2) is 11.7. The number of anilines is 2. The number of nitriles is 1. The van der Waals surface area contributed by atoms with Crippen LogP contribution in [0.2, 0.25) is 0 Å². The van der Waals surface area contributed by atoms with Crippen molar-refractivity contribution in [3.05, 3.63) is 120 Å². The number of hydrogen-bond acceptors (Lipinski definition) is 8. The number of nitrogens with zero attached hydrogens (tertiary/aromatic N) is 6. The van der Waals surface area contributed by atoms with Gasteiger partial charge in [-0.15, -0.1) is 0 Å². The van der Waals surface area contributed by atoms with Crippen LogP contribution in [0.3, 0.4) is 0 Å². The van der Waals surface area contributed by atoms with Crippen LogP contribution in [0.25, 0.3) is 10.9 Å². The average Bonchev–Trinajstić information content (AvgIpc) is 3.45. The normalized spacial score (nSPS) is 18.4. The molecule has 9 nitrogen and oxygen atoms in total. The molecule has 1 atom stereocenters. The summed E-state index contributed by atoms with van der Waals surface area (Å²) < 4.78 is 51.7. The van der Waals surface area contributed by atoms with Crippen molar-refractivity contribution >= 4 is 32.3 Å². The Morgan fingerprint density at radius 3 is 2.48 bits per heavy atom. The summed E-state index contributed by atoms with van der Waals surface area (Å²) in [6, 6.07) is 24.4. The van der Waals surface area contributed by atoms with Crippen molar-refractivity contribution in [3.8, 4) is 11.8 Å². The van der Waals surface area contributed by atoms with Crippen molar-refractivity contribution in [2.24, 2.45) is 0 Å². The molecule has 1 saturated heterocycles. The molecule has 0 radical (unpaired) electrons. The molecule has 46 heavy (non-hydrogen) atoms. The Morgan fingerprint density at radius 1 is 0.935 bits per heavy atom. The number of sulfonamides is 1. The summed E-state index contributed by atoms with van der Waals surface area (Å²) in [6.45, 7) is 4.54. The van der Waals surface area contributed by atoms with Crippen molar-refractivity contribution in [1.82, 2.24) is 14.9 Å². The predicted molar refractivity (Wildman–Crippen MR) is 174 cm³/mol. The first-order chi connectivity index (χ1) is 22.4. The highest BCUT2D eigenvalue weighted by atomic mass is 32.2. The molecular weight excluding hydrogens is 603 g/mol. The second-order valence-corrected chi connectivity index (χ2v) is 13.1. The lowest BCUT2D eigenvalue weighted by Gasteiger charge is -2.47. The molecule has 232 valence electrons. The first-order valence-corrected chi connectivity index (χ1v) is 16.5. The quantitative estimate of drug-likeness (QED) is 0.237. The number of fused-ring (bicyclic) bond motifs is 2. The van der Waals surface area contributed by atoms with E-state index in [0.29, 0.717) is 65.2 Å². The average molecular weight is 635 g/mol. The van der Waals surface area contributed by atoms with E-state index >= 15 is 0 Å². The van der Waals surface area contributed by atoms with Gasteiger partial charge in [0.1, 0.15) is 16.5 Å². The Balaban J connectivity index is 1.43. The molecule has 0 aliphatic carbocycles. The maximum absolute atomic E-state index is 14.8. The van der Waals surface area contributed by atoms with Crippen molar-refractivity contribution in [2.45, 2.75) is 17.4 Å². The molecule has 4 heterocycles. The zero-order valence-electron chi connectivity index (χ0n) is 25.2. The molecule has 0 N–H and O–H groups in total. The third-order valence-corrected chi connectivity index (χ3v) is 10.7. The van der Waals surface area contributed by atoms with Crippen LogP contribution in [0.5, 0.6) is 5.75 Å². The molecule has 2 aliphatic heterocycles. The van der Waals surface area contributed by atoms with E-state index in [0.717, 1.165) is 5.69 Å². The van der Waals surface area contributed by atoms with Crippen molar-refractivity contribution in [3.63, 3.8) is 0 Å². The van der Waals surface area contributed by atoms with E-state index in [2.05, 4.69) is 25.8 Å². The lowest BCUT2D eigenvalue weighted by atomic mass is 9.81. The highest BCUT2D eigenvalue weighted by Crippen LogP contribution is 2.52. The van der Waals surface area contributed by atoms with Crippen LogP contribution in [0, 0.1) is 17.1 Å². The molecule has 0 saturated carbocycles. The van der Waals surface area contributed by atoms with Gasteiger partial charge in [-0.1, -0.05) is 24.3 Å². The summed E-state index contributed by atoms with van der Waals surface area (Å²) in [5.41, 5.74) is 2.45. The number of ether oxygens (including phenoxy) is 1. The number of hydrogen-bond donors (Lipinski definition) is 0. The summed E-state index contributed by atoms with van der Waals surface area (Å²) in [4.78, 5) is 13.2. The molecule has 11 heteroatoms. The minimum Gasteiger partial charge on any atom is -0.493 e. The Kier molecular flexibility index (Phi) is 7.55. The number of rotatable bonds is 7. The summed E-state index contributed by atoms with van der Waals surface area (Å²) in [6.07, 6.45) is 5.10. The van der Waals surface area contributed by atoms with E-state index in [4.69, 9.17) is 4.74 Å². The molecular formula is C35H31FN6O3S. The van der Waals surface area contributed by atoms with Crippen LogP contribution in [-0.2, 0) is 15.6 Å². The molecule has 2 aromatic heterocycles. The zero-order valence-corrected chi connectivity index (χ0v) is 26.0. The molecule has 1 unspecified atom stereocenters. The highest BCUT2D eigenvalue weighted by Gasteiger charge is 2.53. The number of piperazine rings is 1. The van der Waals surface area contributed by atoms with Crippen LogP contribution in [0.4, 0.5) is 15.8 Å². The van der Waals surface area contributed by atoms with Gasteiger partial charge in [-0.2, -0.15) is 5.26 Å². The molecule has 0 amide bonds. The Hall–Kier alpha value is -5.05. The Morgan fingerprint density at radius 2 is 1.72 bits per heavy atom. The maximum atomic E-state index is 14.8. The molecule has 3 aromatic carbocycles. The van der Waals surface area contributed by atoms with E-state index in [9.17, 15) is 18.1 Å². The van der Waals surface area contributed by atoms with Crippen molar-refractivity contribution in [2.75, 3.05) is 48.5 Å². The SMILES string of the molecule is CCOc1cc(F)ccc1C1(N2CCN(c3ccncc3)CC2)CN(S(=O)(=O)c2cccc3cccnc23)c2ccc(C#N)cc21. The topological polar surface area (TPSA) is 103 Å². The highest BCUT2D eigenvalue weighted by molar-refractivity contribution is 7.93. The van der Waals surface area contributed by atoms with E-state index in [1.807, 2.05) is 31.2 Å². The van der Waals surface area contributed by atoms with Gasteiger partial charge in [0.05, 0.1) is 41.5 Å². The lowest BCUT2D eigenvalue weighted by molar-refractivity contribution is 0.124. The maximum Gasteiger partial charge on any atom is 0.266 e. The van der Waals surface area contributed by atoms with Crippen LogP contribution in [0.15, 0.2) is 102 Å². The van der Waals surface area contributed by atoms with Gasteiger partial charge in [-0.25, -0.2) is 12.8 Å². The van der Waals surface area contributed by atoms with Crippen LogP contribution >= 0.6 is 0 Å². The van der Waals surface area contributed by atoms with Gasteiger partial charge in [0, 0.05) is 73.0 Å². The molecule has 2 aliphatic rings. The fourth-order valence-corrected chi connectivity index (χ4v) is 8.51. The predicted octanol–water partition coefficient (Wildman–Crippen LogP) is 5.31. The number of aromatic nitrogens is 2. The number of para-hydroxylation sites is 1. The first-order valence-electron chi connectivity index (χ1n) is 15.1. The fraction of sp³-hybridized carbons (Fsp3) is 0.229. The number of benzene rings is 3. The Labute approximate surface area is 267 Å². The third kappa shape index (κ3) is 4.81. The van der Waals surface area contributed by atoms with Gasteiger partial charge in [-0.05, 0) is 55.5 Å². The molecule has 1 fully saturated rings. The summed E-state index contributed by atoms with van der Waals surface area (Å²) in [5.74, 6) is -0.126. The largest absolute Gasteiger partial charge is 0.493 e. The van der Waals surface area contributed by atoms with E-state index in [-0.39, 0.29) is 18.0 Å².